The van der Waals surface area contributed by atoms with Crippen molar-refractivity contribution in [2.45, 2.75) is 38.9 Å². The topological polar surface area (TPSA) is 29.5 Å². The van der Waals surface area contributed by atoms with Crippen LogP contribution in [0.4, 0.5) is 0 Å². The largest absolute Gasteiger partial charge is 0.541 e. The van der Waals surface area contributed by atoms with Gasteiger partial charge in [-0.1, -0.05) is 55.6 Å². The van der Waals surface area contributed by atoms with Crippen molar-refractivity contribution in [3.63, 3.8) is 0 Å². The van der Waals surface area contributed by atoms with Crippen LogP contribution in [0.5, 0.6) is 11.5 Å². The van der Waals surface area contributed by atoms with Crippen molar-refractivity contribution in [3.05, 3.63) is 21.1 Å². The minimum absolute atomic E-state index is 0.00884. The van der Waals surface area contributed by atoms with Gasteiger partial charge in [-0.2, -0.15) is 0 Å². The molecule has 0 aromatic heterocycles. The first-order valence-electron chi connectivity index (χ1n) is 5.53. The first kappa shape index (κ1) is 16.0. The third kappa shape index (κ3) is 3.07. The van der Waals surface area contributed by atoms with E-state index in [-0.39, 0.29) is 20.8 Å². The van der Waals surface area contributed by atoms with Gasteiger partial charge in [0.05, 0.1) is 10.0 Å². The third-order valence-corrected chi connectivity index (χ3v) is 8.51. The zero-order valence-electron chi connectivity index (χ0n) is 11.1. The SMILES string of the molecule is CC(C)(C)[Si](C)(C)Oc1c(Cl)cc(Cl)c(O)c1Cl. The summed E-state index contributed by atoms with van der Waals surface area (Å²) in [5.41, 5.74) is 0. The van der Waals surface area contributed by atoms with Crippen molar-refractivity contribution in [1.82, 2.24) is 0 Å². The molecule has 1 N–H and O–H groups in total. The minimum Gasteiger partial charge on any atom is -0.541 e. The molecule has 0 heterocycles. The Balaban J connectivity index is 3.25. The molecule has 18 heavy (non-hydrogen) atoms. The highest BCUT2D eigenvalue weighted by Gasteiger charge is 2.40. The molecule has 0 saturated heterocycles. The lowest BCUT2D eigenvalue weighted by atomic mass is 10.2. The predicted molar refractivity (Wildman–Crippen MR) is 81.0 cm³/mol. The maximum atomic E-state index is 9.72. The van der Waals surface area contributed by atoms with E-state index >= 15 is 0 Å². The van der Waals surface area contributed by atoms with E-state index in [0.717, 1.165) is 0 Å². The maximum Gasteiger partial charge on any atom is 0.250 e. The number of phenols is 1. The van der Waals surface area contributed by atoms with Gasteiger partial charge in [0, 0.05) is 0 Å². The van der Waals surface area contributed by atoms with Gasteiger partial charge in [-0.05, 0) is 24.2 Å². The van der Waals surface area contributed by atoms with E-state index < -0.39 is 8.32 Å². The molecule has 0 radical (unpaired) electrons. The molecule has 0 aliphatic heterocycles. The van der Waals surface area contributed by atoms with Gasteiger partial charge in [0.15, 0.2) is 5.75 Å². The molecular formula is C12H17Cl3O2Si. The molecule has 0 unspecified atom stereocenters. The molecule has 0 amide bonds. The van der Waals surface area contributed by atoms with Crippen molar-refractivity contribution < 1.29 is 9.53 Å². The zero-order valence-corrected chi connectivity index (χ0v) is 14.3. The molecule has 6 heteroatoms. The standard InChI is InChI=1S/C12H17Cl3O2Si/c1-12(2,3)18(4,5)17-11-8(14)6-7(13)10(16)9(11)15/h6,16H,1-5H3. The molecule has 102 valence electrons. The summed E-state index contributed by atoms with van der Waals surface area (Å²) in [4.78, 5) is 0. The molecule has 0 spiro atoms. The Hall–Kier alpha value is -0.0931. The summed E-state index contributed by atoms with van der Waals surface area (Å²) in [6.07, 6.45) is 0. The highest BCUT2D eigenvalue weighted by molar-refractivity contribution is 6.75. The molecule has 0 fully saturated rings. The van der Waals surface area contributed by atoms with E-state index in [1.54, 1.807) is 0 Å². The minimum atomic E-state index is -2.07. The van der Waals surface area contributed by atoms with Gasteiger partial charge in [-0.15, -0.1) is 0 Å². The van der Waals surface area contributed by atoms with Crippen LogP contribution in [-0.4, -0.2) is 13.4 Å². The van der Waals surface area contributed by atoms with Crippen LogP contribution in [-0.2, 0) is 0 Å². The number of aromatic hydroxyl groups is 1. The summed E-state index contributed by atoms with van der Waals surface area (Å²) in [7, 11) is -2.07. The molecule has 2 nitrogen and oxygen atoms in total. The molecule has 0 atom stereocenters. The van der Waals surface area contributed by atoms with E-state index in [1.165, 1.54) is 6.07 Å². The van der Waals surface area contributed by atoms with Crippen LogP contribution in [0.1, 0.15) is 20.8 Å². The molecule has 1 rings (SSSR count). The summed E-state index contributed by atoms with van der Waals surface area (Å²) < 4.78 is 6.02. The van der Waals surface area contributed by atoms with Crippen LogP contribution in [0, 0.1) is 0 Å². The molecule has 0 saturated carbocycles. The van der Waals surface area contributed by atoms with Gasteiger partial charge in [-0.25, -0.2) is 0 Å². The molecule has 0 aliphatic carbocycles. The van der Waals surface area contributed by atoms with Crippen molar-refractivity contribution in [2.75, 3.05) is 0 Å². The number of benzene rings is 1. The smallest absolute Gasteiger partial charge is 0.250 e. The number of hydrogen-bond donors (Lipinski definition) is 1. The lowest BCUT2D eigenvalue weighted by molar-refractivity contribution is 0.462. The predicted octanol–water partition coefficient (Wildman–Crippen LogP) is 5.74. The van der Waals surface area contributed by atoms with Gasteiger partial charge in [0.2, 0.25) is 0 Å². The van der Waals surface area contributed by atoms with Crippen molar-refractivity contribution in [2.24, 2.45) is 0 Å². The average Bonchev–Trinajstić information content (AvgIpc) is 2.20. The summed E-state index contributed by atoms with van der Waals surface area (Å²) >= 11 is 17.9. The van der Waals surface area contributed by atoms with Crippen LogP contribution in [0.2, 0.25) is 33.2 Å². The molecule has 0 bridgehead atoms. The number of phenolic OH excluding ortho intramolecular Hbond substituents is 1. The normalized spacial score (nSPS) is 12.7. The fraction of sp³-hybridized carbons (Fsp3) is 0.500. The monoisotopic (exact) mass is 326 g/mol. The number of rotatable bonds is 2. The molecule has 1 aromatic carbocycles. The highest BCUT2D eigenvalue weighted by atomic mass is 35.5. The van der Waals surface area contributed by atoms with Gasteiger partial charge in [0.25, 0.3) is 8.32 Å². The Kier molecular flexibility index (Phi) is 4.54. The van der Waals surface area contributed by atoms with Crippen LogP contribution < -0.4 is 4.43 Å². The van der Waals surface area contributed by atoms with Gasteiger partial charge < -0.3 is 9.53 Å². The summed E-state index contributed by atoms with van der Waals surface area (Å²) in [5, 5.41) is 10.2. The zero-order chi connectivity index (χ0) is 14.3. The second-order valence-corrected chi connectivity index (χ2v) is 11.6. The van der Waals surface area contributed by atoms with E-state index in [1.807, 2.05) is 0 Å². The fourth-order valence-electron chi connectivity index (χ4n) is 1.06. The summed E-state index contributed by atoms with van der Waals surface area (Å²) in [6.45, 7) is 10.5. The quantitative estimate of drug-likeness (QED) is 0.702. The third-order valence-electron chi connectivity index (χ3n) is 3.27. The van der Waals surface area contributed by atoms with Crippen LogP contribution in [0.25, 0.3) is 0 Å². The summed E-state index contributed by atoms with van der Waals surface area (Å²) in [6, 6.07) is 1.44. The van der Waals surface area contributed by atoms with Gasteiger partial charge >= 0.3 is 0 Å². The first-order chi connectivity index (χ1) is 7.97. The maximum absolute atomic E-state index is 9.72. The Morgan fingerprint density at radius 2 is 1.61 bits per heavy atom. The highest BCUT2D eigenvalue weighted by Crippen LogP contribution is 2.47. The van der Waals surface area contributed by atoms with Crippen LogP contribution >= 0.6 is 34.8 Å². The lowest BCUT2D eigenvalue weighted by Gasteiger charge is -2.37. The number of halogens is 3. The van der Waals surface area contributed by atoms with Gasteiger partial charge in [0.1, 0.15) is 10.8 Å². The first-order valence-corrected chi connectivity index (χ1v) is 9.57. The molecule has 0 aliphatic rings. The fourth-order valence-corrected chi connectivity index (χ4v) is 3.06. The molecule has 1 aromatic rings. The Morgan fingerprint density at radius 1 is 1.11 bits per heavy atom. The molecular weight excluding hydrogens is 311 g/mol. The Labute approximate surface area is 124 Å². The second-order valence-electron chi connectivity index (χ2n) is 5.69. The average molecular weight is 328 g/mol. The van der Waals surface area contributed by atoms with E-state index in [9.17, 15) is 5.11 Å². The van der Waals surface area contributed by atoms with Crippen LogP contribution in [0.15, 0.2) is 6.07 Å². The van der Waals surface area contributed by atoms with Crippen molar-refractivity contribution >= 4 is 43.1 Å². The van der Waals surface area contributed by atoms with E-state index in [4.69, 9.17) is 39.2 Å². The van der Waals surface area contributed by atoms with Crippen molar-refractivity contribution in [3.8, 4) is 11.5 Å². The Bertz CT molecular complexity index is 467. The van der Waals surface area contributed by atoms with E-state index in [2.05, 4.69) is 33.9 Å². The van der Waals surface area contributed by atoms with Crippen molar-refractivity contribution in [1.29, 1.82) is 0 Å². The number of hydrogen-bond acceptors (Lipinski definition) is 2. The van der Waals surface area contributed by atoms with E-state index in [0.29, 0.717) is 10.8 Å². The lowest BCUT2D eigenvalue weighted by Crippen LogP contribution is -2.44. The Morgan fingerprint density at radius 3 is 2.06 bits per heavy atom. The second kappa shape index (κ2) is 5.12. The van der Waals surface area contributed by atoms with Gasteiger partial charge in [-0.3, -0.25) is 0 Å². The van der Waals surface area contributed by atoms with Crippen LogP contribution in [0.3, 0.4) is 0 Å². The summed E-state index contributed by atoms with van der Waals surface area (Å²) in [5.74, 6) is 0.114.